The predicted octanol–water partition coefficient (Wildman–Crippen LogP) is 13.6. The second-order valence-corrected chi connectivity index (χ2v) is 14.3. The van der Waals surface area contributed by atoms with Crippen LogP contribution in [0.3, 0.4) is 0 Å². The van der Waals surface area contributed by atoms with Gasteiger partial charge in [0, 0.05) is 33.0 Å². The van der Waals surface area contributed by atoms with Crippen molar-refractivity contribution in [3.63, 3.8) is 0 Å². The number of oxazole rings is 1. The number of rotatable bonds is 7. The molecule has 0 bridgehead atoms. The first-order valence-electron chi connectivity index (χ1n) is 19.2. The van der Waals surface area contributed by atoms with Crippen molar-refractivity contribution in [2.24, 2.45) is 0 Å². The predicted molar refractivity (Wildman–Crippen MR) is 233 cm³/mol. The minimum Gasteiger partial charge on any atom is -0.456 e. The lowest BCUT2D eigenvalue weighted by Gasteiger charge is -2.10. The molecule has 0 aliphatic carbocycles. The first-order valence-corrected chi connectivity index (χ1v) is 19.2. The van der Waals surface area contributed by atoms with Crippen LogP contribution >= 0.6 is 0 Å². The summed E-state index contributed by atoms with van der Waals surface area (Å²) in [7, 11) is 0. The fraction of sp³-hybridized carbons (Fsp3) is 0. The molecule has 3 heterocycles. The van der Waals surface area contributed by atoms with Gasteiger partial charge in [-0.05, 0) is 81.9 Å². The number of hydrogen-bond acceptors (Lipinski definition) is 6. The van der Waals surface area contributed by atoms with Gasteiger partial charge in [0.25, 0.3) is 0 Å². The number of benzene rings is 8. The molecule has 6 nitrogen and oxygen atoms in total. The van der Waals surface area contributed by atoms with Crippen LogP contribution in [0.4, 0.5) is 0 Å². The Balaban J connectivity index is 0.961. The van der Waals surface area contributed by atoms with Crippen LogP contribution in [0.1, 0.15) is 0 Å². The summed E-state index contributed by atoms with van der Waals surface area (Å²) in [5, 5.41) is 2.00. The average Bonchev–Trinajstić information content (AvgIpc) is 3.90. The smallest absolute Gasteiger partial charge is 0.227 e. The highest BCUT2D eigenvalue weighted by molar-refractivity contribution is 6.07. The normalized spacial score (nSPS) is 11.4. The summed E-state index contributed by atoms with van der Waals surface area (Å²) in [4.78, 5) is 19.7. The molecule has 0 radical (unpaired) electrons. The highest BCUT2D eigenvalue weighted by atomic mass is 16.3. The van der Waals surface area contributed by atoms with E-state index in [1.807, 2.05) is 91.0 Å². The Kier molecular flexibility index (Phi) is 8.04. The Hall–Kier alpha value is -7.96. The third-order valence-corrected chi connectivity index (χ3v) is 10.6. The van der Waals surface area contributed by atoms with Crippen molar-refractivity contribution >= 4 is 33.0 Å². The van der Waals surface area contributed by atoms with Gasteiger partial charge in [0.05, 0.1) is 0 Å². The van der Waals surface area contributed by atoms with Gasteiger partial charge in [-0.25, -0.2) is 19.9 Å². The van der Waals surface area contributed by atoms with E-state index in [2.05, 4.69) is 103 Å². The molecule has 11 rings (SSSR count). The second kappa shape index (κ2) is 14.0. The topological polar surface area (TPSA) is 77.8 Å². The fourth-order valence-electron chi connectivity index (χ4n) is 7.65. The van der Waals surface area contributed by atoms with Gasteiger partial charge in [0.2, 0.25) is 5.89 Å². The maximum atomic E-state index is 6.58. The largest absolute Gasteiger partial charge is 0.456 e. The zero-order valence-corrected chi connectivity index (χ0v) is 31.1. The molecule has 0 saturated heterocycles. The van der Waals surface area contributed by atoms with Crippen LogP contribution in [-0.2, 0) is 0 Å². The van der Waals surface area contributed by atoms with Crippen molar-refractivity contribution in [2.75, 3.05) is 0 Å². The van der Waals surface area contributed by atoms with E-state index in [-0.39, 0.29) is 0 Å². The maximum absolute atomic E-state index is 6.58. The minimum absolute atomic E-state index is 0.581. The van der Waals surface area contributed by atoms with E-state index in [4.69, 9.17) is 28.8 Å². The van der Waals surface area contributed by atoms with Crippen LogP contribution in [0.25, 0.3) is 112 Å². The van der Waals surface area contributed by atoms with Crippen LogP contribution in [0.15, 0.2) is 203 Å². The number of hydrogen-bond donors (Lipinski definition) is 0. The van der Waals surface area contributed by atoms with E-state index >= 15 is 0 Å². The Morgan fingerprint density at radius 1 is 0.276 bits per heavy atom. The molecule has 0 spiro atoms. The van der Waals surface area contributed by atoms with Gasteiger partial charge in [-0.3, -0.25) is 0 Å². The number of aromatic nitrogens is 4. The Morgan fingerprint density at radius 3 is 1.45 bits per heavy atom. The Bertz CT molecular complexity index is 3210. The van der Waals surface area contributed by atoms with Gasteiger partial charge >= 0.3 is 0 Å². The molecule has 0 N–H and O–H groups in total. The van der Waals surface area contributed by atoms with Crippen molar-refractivity contribution in [3.05, 3.63) is 194 Å². The summed E-state index contributed by atoms with van der Waals surface area (Å²) in [6.07, 6.45) is 0. The molecule has 58 heavy (non-hydrogen) atoms. The molecule has 0 amide bonds. The standard InChI is InChI=1S/C52H32N4O2/c1-5-13-33(14-6-1)37-21-25-41(34-15-7-2-8-16-34)44(29-37)52-53-45-27-23-39(32-48(45)58-52)38-22-26-42-43-30-40(24-28-46(43)57-47(42)31-38)51-55-49(35-17-9-3-10-18-35)54-50(56-51)36-19-11-4-12-20-36/h1-32H. The monoisotopic (exact) mass is 744 g/mol. The molecule has 0 fully saturated rings. The molecule has 8 aromatic carbocycles. The van der Waals surface area contributed by atoms with Gasteiger partial charge in [-0.15, -0.1) is 0 Å². The van der Waals surface area contributed by atoms with E-state index < -0.39 is 0 Å². The average molecular weight is 745 g/mol. The summed E-state index contributed by atoms with van der Waals surface area (Å²) in [5.74, 6) is 2.43. The van der Waals surface area contributed by atoms with Gasteiger partial charge in [-0.1, -0.05) is 146 Å². The molecule has 272 valence electrons. The first-order chi connectivity index (χ1) is 28.7. The number of fused-ring (bicyclic) bond motifs is 4. The highest BCUT2D eigenvalue weighted by Crippen LogP contribution is 2.39. The summed E-state index contributed by atoms with van der Waals surface area (Å²) in [5.41, 5.74) is 13.2. The van der Waals surface area contributed by atoms with E-state index in [1.165, 1.54) is 0 Å². The number of nitrogens with zero attached hydrogens (tertiary/aromatic N) is 4. The summed E-state index contributed by atoms with van der Waals surface area (Å²) in [6.45, 7) is 0. The molecule has 0 aliphatic rings. The molecule has 0 atom stereocenters. The lowest BCUT2D eigenvalue weighted by Crippen LogP contribution is -2.00. The lowest BCUT2D eigenvalue weighted by molar-refractivity contribution is 0.620. The molecule has 11 aromatic rings. The molecular weight excluding hydrogens is 713 g/mol. The molecule has 6 heteroatoms. The molecule has 3 aromatic heterocycles. The van der Waals surface area contributed by atoms with E-state index in [9.17, 15) is 0 Å². The molecule has 0 saturated carbocycles. The van der Waals surface area contributed by atoms with Crippen LogP contribution < -0.4 is 0 Å². The zero-order chi connectivity index (χ0) is 38.4. The fourth-order valence-corrected chi connectivity index (χ4v) is 7.65. The zero-order valence-electron chi connectivity index (χ0n) is 31.1. The SMILES string of the molecule is c1ccc(-c2ccc(-c3ccccc3)c(-c3nc4ccc(-c5ccc6c(c5)oc5ccc(-c7nc(-c8ccccc8)nc(-c8ccccc8)n7)cc56)cc4o3)c2)cc1. The van der Waals surface area contributed by atoms with Crippen molar-refractivity contribution < 1.29 is 8.83 Å². The van der Waals surface area contributed by atoms with Crippen molar-refractivity contribution in [2.45, 2.75) is 0 Å². The highest BCUT2D eigenvalue weighted by Gasteiger charge is 2.18. The second-order valence-electron chi connectivity index (χ2n) is 14.3. The Labute approximate surface area is 333 Å². The van der Waals surface area contributed by atoms with Gasteiger partial charge in [0.15, 0.2) is 23.1 Å². The minimum atomic E-state index is 0.581. The van der Waals surface area contributed by atoms with Gasteiger partial charge < -0.3 is 8.83 Å². The van der Waals surface area contributed by atoms with E-state index in [1.54, 1.807) is 0 Å². The lowest BCUT2D eigenvalue weighted by atomic mass is 9.95. The molecule has 0 unspecified atom stereocenters. The van der Waals surface area contributed by atoms with Crippen LogP contribution in [-0.4, -0.2) is 19.9 Å². The maximum Gasteiger partial charge on any atom is 0.227 e. The quantitative estimate of drug-likeness (QED) is 0.162. The third kappa shape index (κ3) is 6.10. The van der Waals surface area contributed by atoms with Crippen LogP contribution in [0, 0.1) is 0 Å². The summed E-state index contributed by atoms with van der Waals surface area (Å²) >= 11 is 0. The summed E-state index contributed by atoms with van der Waals surface area (Å²) < 4.78 is 13.0. The van der Waals surface area contributed by atoms with Gasteiger partial charge in [0.1, 0.15) is 16.7 Å². The summed E-state index contributed by atoms with van der Waals surface area (Å²) in [6, 6.07) is 65.9. The number of furan rings is 1. The Morgan fingerprint density at radius 2 is 0.793 bits per heavy atom. The van der Waals surface area contributed by atoms with E-state index in [0.29, 0.717) is 28.9 Å². The van der Waals surface area contributed by atoms with Gasteiger partial charge in [-0.2, -0.15) is 0 Å². The van der Waals surface area contributed by atoms with Crippen molar-refractivity contribution in [1.29, 1.82) is 0 Å². The molecule has 0 aliphatic heterocycles. The van der Waals surface area contributed by atoms with Crippen molar-refractivity contribution in [3.8, 4) is 79.0 Å². The first kappa shape index (κ1) is 33.4. The van der Waals surface area contributed by atoms with Crippen LogP contribution in [0.2, 0.25) is 0 Å². The molecular formula is C52H32N4O2. The third-order valence-electron chi connectivity index (χ3n) is 10.6. The van der Waals surface area contributed by atoms with Crippen molar-refractivity contribution in [1.82, 2.24) is 19.9 Å². The van der Waals surface area contributed by atoms with Crippen LogP contribution in [0.5, 0.6) is 0 Å². The van der Waals surface area contributed by atoms with E-state index in [0.717, 1.165) is 83.1 Å².